The fourth-order valence-corrected chi connectivity index (χ4v) is 3.46. The van der Waals surface area contributed by atoms with Crippen LogP contribution >= 0.6 is 0 Å². The highest BCUT2D eigenvalue weighted by Crippen LogP contribution is 2.17. The molecule has 0 aliphatic heterocycles. The van der Waals surface area contributed by atoms with Crippen LogP contribution in [0.15, 0.2) is 53.6 Å². The van der Waals surface area contributed by atoms with E-state index in [1.165, 1.54) is 26.2 Å². The molecule has 0 saturated heterocycles. The van der Waals surface area contributed by atoms with Crippen molar-refractivity contribution in [3.63, 3.8) is 0 Å². The molecule has 26 heavy (non-hydrogen) atoms. The zero-order valence-electron chi connectivity index (χ0n) is 14.6. The second-order valence-electron chi connectivity index (χ2n) is 6.00. The fourth-order valence-electron chi connectivity index (χ4n) is 2.51. The Labute approximate surface area is 151 Å². The molecular formula is C17H19N5O3S. The van der Waals surface area contributed by atoms with Gasteiger partial charge in [-0.2, -0.15) is 0 Å². The van der Waals surface area contributed by atoms with Gasteiger partial charge in [-0.15, -0.1) is 10.2 Å². The largest absolute Gasteiger partial charge is 0.342 e. The van der Waals surface area contributed by atoms with Crippen LogP contribution in [-0.2, 0) is 10.0 Å². The van der Waals surface area contributed by atoms with Crippen molar-refractivity contribution in [2.75, 3.05) is 14.1 Å². The number of fused-ring (bicyclic) bond motifs is 1. The van der Waals surface area contributed by atoms with E-state index in [0.29, 0.717) is 11.5 Å². The van der Waals surface area contributed by atoms with Crippen molar-refractivity contribution in [3.05, 3.63) is 60.0 Å². The second-order valence-corrected chi connectivity index (χ2v) is 8.15. The van der Waals surface area contributed by atoms with Gasteiger partial charge in [-0.05, 0) is 37.3 Å². The minimum absolute atomic E-state index is 0.0655. The molecule has 9 heteroatoms. The van der Waals surface area contributed by atoms with E-state index in [1.807, 2.05) is 24.4 Å². The molecule has 1 N–H and O–H groups in total. The topological polar surface area (TPSA) is 96.7 Å². The molecule has 1 aromatic carbocycles. The molecular weight excluding hydrogens is 354 g/mol. The lowest BCUT2D eigenvalue weighted by atomic mass is 10.2. The van der Waals surface area contributed by atoms with E-state index in [2.05, 4.69) is 15.5 Å². The van der Waals surface area contributed by atoms with Gasteiger partial charge in [-0.3, -0.25) is 9.20 Å². The van der Waals surface area contributed by atoms with Gasteiger partial charge in [-0.1, -0.05) is 12.1 Å². The molecule has 1 amide bonds. The Morgan fingerprint density at radius 2 is 1.92 bits per heavy atom. The molecule has 3 aromatic rings. The molecule has 1 atom stereocenters. The number of benzene rings is 1. The minimum Gasteiger partial charge on any atom is -0.342 e. The molecule has 136 valence electrons. The van der Waals surface area contributed by atoms with E-state index in [0.717, 1.165) is 4.31 Å². The van der Waals surface area contributed by atoms with E-state index >= 15 is 0 Å². The van der Waals surface area contributed by atoms with Crippen molar-refractivity contribution < 1.29 is 13.2 Å². The van der Waals surface area contributed by atoms with Crippen molar-refractivity contribution in [2.24, 2.45) is 0 Å². The van der Waals surface area contributed by atoms with E-state index in [4.69, 9.17) is 0 Å². The van der Waals surface area contributed by atoms with Gasteiger partial charge in [0.05, 0.1) is 10.9 Å². The molecule has 2 aromatic heterocycles. The van der Waals surface area contributed by atoms with Crippen LogP contribution in [0, 0.1) is 0 Å². The Hall–Kier alpha value is -2.78. The first-order valence-electron chi connectivity index (χ1n) is 7.94. The number of nitrogens with zero attached hydrogens (tertiary/aromatic N) is 4. The number of sulfonamides is 1. The average Bonchev–Trinajstić information content (AvgIpc) is 3.05. The molecule has 0 bridgehead atoms. The van der Waals surface area contributed by atoms with Crippen LogP contribution < -0.4 is 5.32 Å². The summed E-state index contributed by atoms with van der Waals surface area (Å²) in [5.74, 6) is 0.201. The van der Waals surface area contributed by atoms with Crippen LogP contribution in [0.4, 0.5) is 0 Å². The quantitative estimate of drug-likeness (QED) is 0.730. The van der Waals surface area contributed by atoms with Gasteiger partial charge in [0.2, 0.25) is 10.0 Å². The minimum atomic E-state index is -3.61. The van der Waals surface area contributed by atoms with Crippen molar-refractivity contribution in [1.82, 2.24) is 24.2 Å². The van der Waals surface area contributed by atoms with Crippen molar-refractivity contribution >= 4 is 21.6 Å². The number of nitrogens with one attached hydrogen (secondary N) is 1. The number of hydrogen-bond acceptors (Lipinski definition) is 5. The molecule has 0 saturated carbocycles. The third kappa shape index (κ3) is 3.31. The predicted molar refractivity (Wildman–Crippen MR) is 96.2 cm³/mol. The van der Waals surface area contributed by atoms with E-state index < -0.39 is 16.1 Å². The lowest BCUT2D eigenvalue weighted by molar-refractivity contribution is 0.0938. The van der Waals surface area contributed by atoms with Crippen LogP contribution in [0.25, 0.3) is 5.65 Å². The maximum atomic E-state index is 12.6. The van der Waals surface area contributed by atoms with Crippen LogP contribution in [0.2, 0.25) is 0 Å². The van der Waals surface area contributed by atoms with Crippen LogP contribution in [-0.4, -0.2) is 47.3 Å². The molecule has 0 fully saturated rings. The van der Waals surface area contributed by atoms with Gasteiger partial charge in [-0.25, -0.2) is 12.7 Å². The first-order valence-corrected chi connectivity index (χ1v) is 9.38. The lowest BCUT2D eigenvalue weighted by Crippen LogP contribution is -2.28. The molecule has 2 heterocycles. The second kappa shape index (κ2) is 6.85. The first kappa shape index (κ1) is 18.0. The van der Waals surface area contributed by atoms with Crippen molar-refractivity contribution in [3.8, 4) is 0 Å². The van der Waals surface area contributed by atoms with Gasteiger partial charge in [0, 0.05) is 25.9 Å². The molecule has 0 radical (unpaired) electrons. The molecule has 0 aliphatic rings. The summed E-state index contributed by atoms with van der Waals surface area (Å²) in [6.07, 6.45) is 1.82. The monoisotopic (exact) mass is 373 g/mol. The number of hydrogen-bond donors (Lipinski definition) is 1. The maximum absolute atomic E-state index is 12.6. The Morgan fingerprint density at radius 3 is 2.65 bits per heavy atom. The number of amides is 1. The summed E-state index contributed by atoms with van der Waals surface area (Å²) in [5.41, 5.74) is 0.941. The van der Waals surface area contributed by atoms with Gasteiger partial charge >= 0.3 is 0 Å². The van der Waals surface area contributed by atoms with Gasteiger partial charge in [0.15, 0.2) is 11.5 Å². The summed E-state index contributed by atoms with van der Waals surface area (Å²) in [4.78, 5) is 12.6. The molecule has 8 nitrogen and oxygen atoms in total. The summed E-state index contributed by atoms with van der Waals surface area (Å²) in [7, 11) is -0.717. The van der Waals surface area contributed by atoms with Crippen molar-refractivity contribution in [2.45, 2.75) is 17.9 Å². The summed E-state index contributed by atoms with van der Waals surface area (Å²) in [6.45, 7) is 1.79. The zero-order valence-corrected chi connectivity index (χ0v) is 15.4. The Kier molecular flexibility index (Phi) is 4.75. The Morgan fingerprint density at radius 1 is 1.15 bits per heavy atom. The molecule has 0 aliphatic carbocycles. The average molecular weight is 373 g/mol. The van der Waals surface area contributed by atoms with Gasteiger partial charge < -0.3 is 5.32 Å². The third-order valence-corrected chi connectivity index (χ3v) is 5.76. The first-order chi connectivity index (χ1) is 12.3. The highest BCUT2D eigenvalue weighted by molar-refractivity contribution is 7.89. The van der Waals surface area contributed by atoms with Gasteiger partial charge in [0.1, 0.15) is 0 Å². The van der Waals surface area contributed by atoms with Crippen LogP contribution in [0.1, 0.15) is 29.1 Å². The van der Waals surface area contributed by atoms with Crippen LogP contribution in [0.5, 0.6) is 0 Å². The SMILES string of the molecule is C[C@H](NC(=O)c1cccc(S(=O)(=O)N(C)C)c1)c1nnc2ccccn12. The maximum Gasteiger partial charge on any atom is 0.251 e. The summed E-state index contributed by atoms with van der Waals surface area (Å²) >= 11 is 0. The van der Waals surface area contributed by atoms with Gasteiger partial charge in [0.25, 0.3) is 5.91 Å². The summed E-state index contributed by atoms with van der Waals surface area (Å²) in [6, 6.07) is 11.1. The summed E-state index contributed by atoms with van der Waals surface area (Å²) in [5, 5.41) is 11.0. The standard InChI is InChI=1S/C17H19N5O3S/c1-12(16-20-19-15-9-4-5-10-22(15)16)18-17(23)13-7-6-8-14(11-13)26(24,25)21(2)3/h4-12H,1-3H3,(H,18,23)/t12-/m0/s1. The van der Waals surface area contributed by atoms with E-state index in [1.54, 1.807) is 23.5 Å². The fraction of sp³-hybridized carbons (Fsp3) is 0.235. The predicted octanol–water partition coefficient (Wildman–Crippen LogP) is 1.47. The Bertz CT molecular complexity index is 1060. The highest BCUT2D eigenvalue weighted by atomic mass is 32.2. The molecule has 3 rings (SSSR count). The zero-order chi connectivity index (χ0) is 18.9. The molecule has 0 unspecified atom stereocenters. The van der Waals surface area contributed by atoms with Crippen molar-refractivity contribution in [1.29, 1.82) is 0 Å². The lowest BCUT2D eigenvalue weighted by Gasteiger charge is -2.14. The summed E-state index contributed by atoms with van der Waals surface area (Å²) < 4.78 is 27.4. The smallest absolute Gasteiger partial charge is 0.251 e. The number of aromatic nitrogens is 3. The normalized spacial score (nSPS) is 13.1. The van der Waals surface area contributed by atoms with Crippen LogP contribution in [0.3, 0.4) is 0 Å². The number of carbonyl (C=O) groups excluding carboxylic acids is 1. The number of rotatable bonds is 5. The third-order valence-electron chi connectivity index (χ3n) is 3.95. The highest BCUT2D eigenvalue weighted by Gasteiger charge is 2.20. The number of carbonyl (C=O) groups is 1. The molecule has 0 spiro atoms. The van der Waals surface area contributed by atoms with E-state index in [-0.39, 0.29) is 16.4 Å². The van der Waals surface area contributed by atoms with E-state index in [9.17, 15) is 13.2 Å². The Balaban J connectivity index is 1.84. The number of pyridine rings is 1.